The van der Waals surface area contributed by atoms with E-state index in [9.17, 15) is 14.4 Å². The van der Waals surface area contributed by atoms with Crippen molar-refractivity contribution < 1.29 is 28.6 Å². The Morgan fingerprint density at radius 3 is 0.918 bits per heavy atom. The second-order valence-electron chi connectivity index (χ2n) is 20.2. The maximum atomic E-state index is 12.9. The summed E-state index contributed by atoms with van der Waals surface area (Å²) in [6, 6.07) is 0. The van der Waals surface area contributed by atoms with Crippen LogP contribution in [0.15, 0.2) is 97.2 Å². The molecule has 0 spiro atoms. The minimum Gasteiger partial charge on any atom is -0.462 e. The van der Waals surface area contributed by atoms with Gasteiger partial charge in [0.1, 0.15) is 13.2 Å². The number of hydrogen-bond acceptors (Lipinski definition) is 6. The lowest BCUT2D eigenvalue weighted by Gasteiger charge is -2.18. The summed E-state index contributed by atoms with van der Waals surface area (Å²) in [6.07, 6.45) is 81.2. The zero-order valence-corrected chi connectivity index (χ0v) is 47.9. The van der Waals surface area contributed by atoms with Gasteiger partial charge in [-0.3, -0.25) is 14.4 Å². The lowest BCUT2D eigenvalue weighted by molar-refractivity contribution is -0.167. The van der Waals surface area contributed by atoms with Crippen molar-refractivity contribution in [1.82, 2.24) is 0 Å². The fourth-order valence-electron chi connectivity index (χ4n) is 8.49. The van der Waals surface area contributed by atoms with Crippen LogP contribution in [0.5, 0.6) is 0 Å². The van der Waals surface area contributed by atoms with Gasteiger partial charge in [0.15, 0.2) is 6.10 Å². The molecule has 0 radical (unpaired) electrons. The molecule has 0 aliphatic carbocycles. The van der Waals surface area contributed by atoms with Crippen molar-refractivity contribution >= 4 is 17.9 Å². The molecule has 0 aromatic rings. The Labute approximate surface area is 451 Å². The van der Waals surface area contributed by atoms with Crippen molar-refractivity contribution in [2.24, 2.45) is 0 Å². The normalized spacial score (nSPS) is 12.8. The molecular formula is C67H114O6. The van der Waals surface area contributed by atoms with Gasteiger partial charge in [0, 0.05) is 19.3 Å². The number of rotatable bonds is 55. The van der Waals surface area contributed by atoms with Crippen LogP contribution in [0.1, 0.15) is 290 Å². The quantitative estimate of drug-likeness (QED) is 0.0261. The van der Waals surface area contributed by atoms with Gasteiger partial charge in [0.05, 0.1) is 0 Å². The average molecular weight is 1020 g/mol. The molecule has 418 valence electrons. The molecule has 0 aliphatic heterocycles. The van der Waals surface area contributed by atoms with Crippen molar-refractivity contribution in [2.45, 2.75) is 297 Å². The van der Waals surface area contributed by atoms with E-state index in [4.69, 9.17) is 14.2 Å². The predicted octanol–water partition coefficient (Wildman–Crippen LogP) is 20.9. The molecule has 0 aliphatic rings. The third-order valence-electron chi connectivity index (χ3n) is 13.1. The molecule has 0 rings (SSSR count). The number of carbonyl (C=O) groups excluding carboxylic acids is 3. The summed E-state index contributed by atoms with van der Waals surface area (Å²) in [5.41, 5.74) is 0. The highest BCUT2D eigenvalue weighted by Gasteiger charge is 2.19. The SMILES string of the molecule is CC/C=C\C/C=C\C/C=C\C/C=C\CCCCCCCCC(=O)OCC(COC(=O)CCC/C=C\C/C=C\C/C=C\C/C=C\CCCCC)OC(=O)CCCCCCCCCCCCCCCCCCCCC. The van der Waals surface area contributed by atoms with E-state index in [0.29, 0.717) is 19.3 Å². The number of allylic oxidation sites excluding steroid dienone is 16. The van der Waals surface area contributed by atoms with Crippen LogP contribution in [0.25, 0.3) is 0 Å². The fourth-order valence-corrected chi connectivity index (χ4v) is 8.49. The molecule has 0 aromatic carbocycles. The number of esters is 3. The van der Waals surface area contributed by atoms with Gasteiger partial charge in [-0.05, 0) is 96.3 Å². The Morgan fingerprint density at radius 2 is 0.548 bits per heavy atom. The summed E-state index contributed by atoms with van der Waals surface area (Å²) in [4.78, 5) is 38.3. The lowest BCUT2D eigenvalue weighted by Crippen LogP contribution is -2.30. The van der Waals surface area contributed by atoms with E-state index in [2.05, 4.69) is 118 Å². The van der Waals surface area contributed by atoms with Gasteiger partial charge < -0.3 is 14.2 Å². The second-order valence-corrected chi connectivity index (χ2v) is 20.2. The third kappa shape index (κ3) is 59.1. The van der Waals surface area contributed by atoms with Crippen molar-refractivity contribution in [3.05, 3.63) is 97.2 Å². The molecular weight excluding hydrogens is 901 g/mol. The Hall–Kier alpha value is -3.67. The van der Waals surface area contributed by atoms with Crippen LogP contribution in [0.2, 0.25) is 0 Å². The van der Waals surface area contributed by atoms with Gasteiger partial charge in [-0.25, -0.2) is 0 Å². The summed E-state index contributed by atoms with van der Waals surface area (Å²) in [6.45, 7) is 6.47. The first-order valence-electron chi connectivity index (χ1n) is 30.7. The molecule has 0 fully saturated rings. The molecule has 0 N–H and O–H groups in total. The first kappa shape index (κ1) is 69.3. The average Bonchev–Trinajstić information content (AvgIpc) is 3.39. The molecule has 0 saturated carbocycles. The Morgan fingerprint density at radius 1 is 0.288 bits per heavy atom. The first-order chi connectivity index (χ1) is 36.0. The maximum Gasteiger partial charge on any atom is 0.306 e. The standard InChI is InChI=1S/C67H114O6/c1-4-7-10-13-16-19-22-25-28-31-33-36-39-42-45-48-51-54-57-60-66(69)72-63-64(62-71-65(68)59-56-53-50-47-44-41-38-35-30-27-24-21-18-15-12-9-6-3)73-67(70)61-58-55-52-49-46-43-40-37-34-32-29-26-23-20-17-14-11-8-5-2/h7,10,16,18-19,21,25,27-28,30,33,36,38,41,47,50,64H,4-6,8-9,11-15,17,20,22-24,26,29,31-32,34-35,37,39-40,42-46,48-49,51-63H2,1-3H3/b10-7-,19-16-,21-18-,28-25-,30-27-,36-33-,41-38-,50-47-. The molecule has 6 heteroatoms. The zero-order valence-electron chi connectivity index (χ0n) is 47.9. The fraction of sp³-hybridized carbons (Fsp3) is 0.716. The molecule has 1 atom stereocenters. The van der Waals surface area contributed by atoms with Crippen LogP contribution in [0, 0.1) is 0 Å². The Kier molecular flexibility index (Phi) is 57.8. The highest BCUT2D eigenvalue weighted by Crippen LogP contribution is 2.16. The van der Waals surface area contributed by atoms with Gasteiger partial charge in [0.25, 0.3) is 0 Å². The van der Waals surface area contributed by atoms with Crippen molar-refractivity contribution in [1.29, 1.82) is 0 Å². The number of ether oxygens (including phenoxy) is 3. The molecule has 1 unspecified atom stereocenters. The minimum atomic E-state index is -0.806. The van der Waals surface area contributed by atoms with Crippen LogP contribution in [-0.4, -0.2) is 37.2 Å². The second kappa shape index (κ2) is 60.9. The summed E-state index contributed by atoms with van der Waals surface area (Å²) < 4.78 is 16.9. The van der Waals surface area contributed by atoms with E-state index in [0.717, 1.165) is 103 Å². The van der Waals surface area contributed by atoms with Gasteiger partial charge in [-0.2, -0.15) is 0 Å². The number of unbranched alkanes of at least 4 members (excludes halogenated alkanes) is 28. The zero-order chi connectivity index (χ0) is 52.9. The number of hydrogen-bond donors (Lipinski definition) is 0. The largest absolute Gasteiger partial charge is 0.462 e. The third-order valence-corrected chi connectivity index (χ3v) is 13.1. The van der Waals surface area contributed by atoms with E-state index >= 15 is 0 Å². The van der Waals surface area contributed by atoms with E-state index in [1.807, 2.05) is 0 Å². The topological polar surface area (TPSA) is 78.9 Å². The van der Waals surface area contributed by atoms with Crippen molar-refractivity contribution in [2.75, 3.05) is 13.2 Å². The highest BCUT2D eigenvalue weighted by atomic mass is 16.6. The van der Waals surface area contributed by atoms with E-state index in [1.54, 1.807) is 0 Å². The smallest absolute Gasteiger partial charge is 0.306 e. The van der Waals surface area contributed by atoms with Crippen molar-refractivity contribution in [3.8, 4) is 0 Å². The molecule has 6 nitrogen and oxygen atoms in total. The van der Waals surface area contributed by atoms with Crippen LogP contribution in [0.4, 0.5) is 0 Å². The van der Waals surface area contributed by atoms with Gasteiger partial charge in [-0.1, -0.05) is 272 Å². The molecule has 0 bridgehead atoms. The molecule has 0 heterocycles. The maximum absolute atomic E-state index is 12.9. The molecule has 0 amide bonds. The highest BCUT2D eigenvalue weighted by molar-refractivity contribution is 5.71. The van der Waals surface area contributed by atoms with Crippen molar-refractivity contribution in [3.63, 3.8) is 0 Å². The van der Waals surface area contributed by atoms with E-state index < -0.39 is 6.10 Å². The summed E-state index contributed by atoms with van der Waals surface area (Å²) in [7, 11) is 0. The number of carbonyl (C=O) groups is 3. The van der Waals surface area contributed by atoms with Gasteiger partial charge >= 0.3 is 17.9 Å². The predicted molar refractivity (Wildman–Crippen MR) is 316 cm³/mol. The first-order valence-corrected chi connectivity index (χ1v) is 30.7. The van der Waals surface area contributed by atoms with Gasteiger partial charge in [0.2, 0.25) is 0 Å². The van der Waals surface area contributed by atoms with Crippen LogP contribution in [0.3, 0.4) is 0 Å². The van der Waals surface area contributed by atoms with Crippen LogP contribution < -0.4 is 0 Å². The van der Waals surface area contributed by atoms with Gasteiger partial charge in [-0.15, -0.1) is 0 Å². The lowest BCUT2D eigenvalue weighted by atomic mass is 10.0. The summed E-state index contributed by atoms with van der Waals surface area (Å²) in [5.74, 6) is -0.961. The summed E-state index contributed by atoms with van der Waals surface area (Å²) in [5, 5.41) is 0. The van der Waals surface area contributed by atoms with E-state index in [-0.39, 0.29) is 37.5 Å². The van der Waals surface area contributed by atoms with E-state index in [1.165, 1.54) is 141 Å². The minimum absolute atomic E-state index is 0.101. The monoisotopic (exact) mass is 1010 g/mol. The molecule has 0 saturated heterocycles. The molecule has 0 aromatic heterocycles. The Bertz CT molecular complexity index is 1440. The van der Waals surface area contributed by atoms with Crippen LogP contribution >= 0.6 is 0 Å². The Balaban J connectivity index is 4.47. The van der Waals surface area contributed by atoms with Crippen LogP contribution in [-0.2, 0) is 28.6 Å². The summed E-state index contributed by atoms with van der Waals surface area (Å²) >= 11 is 0. The molecule has 73 heavy (non-hydrogen) atoms.